The van der Waals surface area contributed by atoms with Gasteiger partial charge in [0.15, 0.2) is 6.10 Å². The molecule has 53 heavy (non-hydrogen) atoms. The van der Waals surface area contributed by atoms with E-state index >= 15 is 0 Å². The van der Waals surface area contributed by atoms with Crippen molar-refractivity contribution in [3.63, 3.8) is 0 Å². The number of carbonyl (C=O) groups is 2. The van der Waals surface area contributed by atoms with Gasteiger partial charge in [-0.05, 0) is 77.0 Å². The third-order valence-electron chi connectivity index (χ3n) is 7.97. The van der Waals surface area contributed by atoms with E-state index in [2.05, 4.69) is 54.8 Å². The summed E-state index contributed by atoms with van der Waals surface area (Å²) in [5.41, 5.74) is 0. The van der Waals surface area contributed by atoms with Crippen molar-refractivity contribution in [2.24, 2.45) is 0 Å². The summed E-state index contributed by atoms with van der Waals surface area (Å²) in [5, 5.41) is 9.99. The average molecular weight is 763 g/mol. The van der Waals surface area contributed by atoms with Crippen LogP contribution >= 0.6 is 7.82 Å². The molecule has 0 aromatic heterocycles. The Morgan fingerprint density at radius 3 is 1.70 bits per heavy atom. The first kappa shape index (κ1) is 50.2. The van der Waals surface area contributed by atoms with Crippen LogP contribution in [0.25, 0.3) is 0 Å². The van der Waals surface area contributed by atoms with Crippen molar-refractivity contribution >= 4 is 19.8 Å². The van der Waals surface area contributed by atoms with Gasteiger partial charge in [-0.25, -0.2) is 4.57 Å². The van der Waals surface area contributed by atoms with Crippen LogP contribution in [0.15, 0.2) is 85.1 Å². The fourth-order valence-corrected chi connectivity index (χ4v) is 5.29. The summed E-state index contributed by atoms with van der Waals surface area (Å²) in [6, 6.07) is 0. The highest BCUT2D eigenvalue weighted by atomic mass is 31.2. The van der Waals surface area contributed by atoms with Crippen molar-refractivity contribution in [1.29, 1.82) is 0 Å². The number of hydrogen-bond acceptors (Lipinski definition) is 7. The number of carbonyl (C=O) groups excluding carboxylic acids is 2. The molecule has 0 fully saturated rings. The molecule has 0 saturated heterocycles. The summed E-state index contributed by atoms with van der Waals surface area (Å²) < 4.78 is 26.2. The van der Waals surface area contributed by atoms with E-state index in [9.17, 15) is 19.3 Å². The smallest absolute Gasteiger partial charge is 0.462 e. The Morgan fingerprint density at radius 1 is 0.585 bits per heavy atom. The van der Waals surface area contributed by atoms with Gasteiger partial charge in [0.05, 0.1) is 12.7 Å². The second kappa shape index (κ2) is 37.5. The first-order chi connectivity index (χ1) is 25.7. The number of phosphoric ester groups is 1. The lowest BCUT2D eigenvalue weighted by molar-refractivity contribution is -0.161. The van der Waals surface area contributed by atoms with Crippen LogP contribution in [0, 0.1) is 0 Å². The molecule has 0 aliphatic carbocycles. The van der Waals surface area contributed by atoms with Crippen LogP contribution in [0.2, 0.25) is 0 Å². The molecule has 302 valence electrons. The Labute approximate surface area is 321 Å². The van der Waals surface area contributed by atoms with Crippen molar-refractivity contribution in [2.75, 3.05) is 13.2 Å². The molecular formula is C43H71O9P. The number of unbranched alkanes of at least 4 members (excludes halogenated alkanes) is 11. The van der Waals surface area contributed by atoms with Crippen LogP contribution < -0.4 is 0 Å². The van der Waals surface area contributed by atoms with Crippen LogP contribution in [0.4, 0.5) is 0 Å². The van der Waals surface area contributed by atoms with Crippen LogP contribution in [0.1, 0.15) is 149 Å². The molecule has 0 aromatic rings. The number of aliphatic hydroxyl groups is 1. The molecule has 0 spiro atoms. The largest absolute Gasteiger partial charge is 0.469 e. The van der Waals surface area contributed by atoms with Crippen LogP contribution in [-0.2, 0) is 28.2 Å². The molecular weight excluding hydrogens is 691 g/mol. The minimum Gasteiger partial charge on any atom is -0.462 e. The van der Waals surface area contributed by atoms with Crippen molar-refractivity contribution in [2.45, 2.75) is 161 Å². The Kier molecular flexibility index (Phi) is 35.5. The summed E-state index contributed by atoms with van der Waals surface area (Å²) >= 11 is 0. The van der Waals surface area contributed by atoms with E-state index in [-0.39, 0.29) is 19.4 Å². The molecule has 0 aromatic carbocycles. The van der Waals surface area contributed by atoms with Crippen LogP contribution in [-0.4, -0.2) is 52.3 Å². The Morgan fingerprint density at radius 2 is 1.08 bits per heavy atom. The van der Waals surface area contributed by atoms with E-state index in [1.165, 1.54) is 57.8 Å². The lowest BCUT2D eigenvalue weighted by atomic mass is 10.1. The number of ether oxygens (including phenoxy) is 2. The Hall–Kier alpha value is -2.81. The summed E-state index contributed by atoms with van der Waals surface area (Å²) in [4.78, 5) is 42.7. The fraction of sp³-hybridized carbons (Fsp3) is 0.628. The molecule has 0 radical (unpaired) electrons. The number of rotatable bonds is 35. The number of phosphoric acid groups is 1. The average Bonchev–Trinajstić information content (AvgIpc) is 3.12. The molecule has 0 aliphatic heterocycles. The predicted molar refractivity (Wildman–Crippen MR) is 217 cm³/mol. The first-order valence-electron chi connectivity index (χ1n) is 20.0. The minimum absolute atomic E-state index is 0.0890. The minimum atomic E-state index is -4.80. The summed E-state index contributed by atoms with van der Waals surface area (Å²) in [7, 11) is -4.80. The molecule has 0 unspecified atom stereocenters. The SMILES string of the molecule is CCCCC/C=C\C[C@H](O)/C=C/C=C\C/C=C\CCCC(=O)O[C@H](COC(=O)CCC/C=C\C/C=C\C/C=C\CCCCCCCC)COP(=O)(O)O. The highest BCUT2D eigenvalue weighted by Crippen LogP contribution is 2.35. The molecule has 0 aliphatic rings. The summed E-state index contributed by atoms with van der Waals surface area (Å²) in [6.07, 6.45) is 46.3. The number of allylic oxidation sites excluding steroid dienone is 12. The molecule has 0 rings (SSSR count). The maximum absolute atomic E-state index is 12.4. The lowest BCUT2D eigenvalue weighted by Crippen LogP contribution is -2.29. The zero-order valence-corrected chi connectivity index (χ0v) is 33.6. The maximum Gasteiger partial charge on any atom is 0.469 e. The van der Waals surface area contributed by atoms with E-state index in [0.29, 0.717) is 38.5 Å². The lowest BCUT2D eigenvalue weighted by Gasteiger charge is -2.18. The van der Waals surface area contributed by atoms with Gasteiger partial charge in [-0.15, -0.1) is 0 Å². The maximum atomic E-state index is 12.4. The molecule has 10 heteroatoms. The van der Waals surface area contributed by atoms with Gasteiger partial charge >= 0.3 is 19.8 Å². The third kappa shape index (κ3) is 40.2. The van der Waals surface area contributed by atoms with Gasteiger partial charge in [0.25, 0.3) is 0 Å². The molecule has 0 bridgehead atoms. The number of aliphatic hydroxyl groups excluding tert-OH is 1. The van der Waals surface area contributed by atoms with Gasteiger partial charge < -0.3 is 24.4 Å². The molecule has 3 N–H and O–H groups in total. The van der Waals surface area contributed by atoms with Crippen molar-refractivity contribution < 1.29 is 43.0 Å². The van der Waals surface area contributed by atoms with E-state index in [0.717, 1.165) is 25.7 Å². The zero-order chi connectivity index (χ0) is 39.1. The number of hydrogen-bond donors (Lipinski definition) is 3. The van der Waals surface area contributed by atoms with E-state index in [4.69, 9.17) is 19.3 Å². The van der Waals surface area contributed by atoms with Crippen molar-refractivity contribution in [3.8, 4) is 0 Å². The summed E-state index contributed by atoms with van der Waals surface area (Å²) in [5.74, 6) is -1.06. The zero-order valence-electron chi connectivity index (χ0n) is 32.7. The van der Waals surface area contributed by atoms with Crippen molar-refractivity contribution in [3.05, 3.63) is 85.1 Å². The first-order valence-corrected chi connectivity index (χ1v) is 21.5. The van der Waals surface area contributed by atoms with E-state index in [1.54, 1.807) is 6.08 Å². The summed E-state index contributed by atoms with van der Waals surface area (Å²) in [6.45, 7) is 3.47. The second-order valence-corrected chi connectivity index (χ2v) is 14.3. The van der Waals surface area contributed by atoms with Gasteiger partial charge in [-0.2, -0.15) is 0 Å². The molecule has 0 heterocycles. The predicted octanol–water partition coefficient (Wildman–Crippen LogP) is 11.0. The van der Waals surface area contributed by atoms with E-state index in [1.807, 2.05) is 42.5 Å². The Bertz CT molecular complexity index is 1150. The molecule has 2 atom stereocenters. The number of esters is 2. The normalized spacial score (nSPS) is 14.0. The van der Waals surface area contributed by atoms with Crippen LogP contribution in [0.5, 0.6) is 0 Å². The molecule has 0 saturated carbocycles. The highest BCUT2D eigenvalue weighted by Gasteiger charge is 2.22. The topological polar surface area (TPSA) is 140 Å². The van der Waals surface area contributed by atoms with Crippen molar-refractivity contribution in [1.82, 2.24) is 0 Å². The monoisotopic (exact) mass is 762 g/mol. The van der Waals surface area contributed by atoms with Gasteiger partial charge in [0, 0.05) is 12.8 Å². The molecule has 9 nitrogen and oxygen atoms in total. The highest BCUT2D eigenvalue weighted by molar-refractivity contribution is 7.46. The van der Waals surface area contributed by atoms with Gasteiger partial charge in [-0.3, -0.25) is 14.1 Å². The second-order valence-electron chi connectivity index (χ2n) is 13.1. The van der Waals surface area contributed by atoms with Gasteiger partial charge in [-0.1, -0.05) is 144 Å². The fourth-order valence-electron chi connectivity index (χ4n) is 4.93. The quantitative estimate of drug-likeness (QED) is 0.0189. The van der Waals surface area contributed by atoms with Gasteiger partial charge in [0.1, 0.15) is 6.61 Å². The molecule has 0 amide bonds. The standard InChI is InChI=1S/C43H71O9P/c1-3-5-7-9-11-12-13-14-15-16-17-18-19-20-24-28-32-36-42(45)50-38-41(39-51-53(47,48)49)52-43(46)37-33-29-25-22-21-23-27-31-35-40(44)34-30-26-10-8-6-4-2/h14-15,17-18,20,22-27,30-31,35,40-41,44H,3-13,16,19,21,28-29,32-34,36-39H2,1-2H3,(H2,47,48,49)/b15-14-,18-17-,24-20-,25-22-,27-23-,30-26-,35-31+/t40-,41+/m0/s1. The third-order valence-corrected chi connectivity index (χ3v) is 8.45. The Balaban J connectivity index is 4.22. The van der Waals surface area contributed by atoms with Gasteiger partial charge in [0.2, 0.25) is 0 Å². The van der Waals surface area contributed by atoms with Crippen LogP contribution in [0.3, 0.4) is 0 Å². The van der Waals surface area contributed by atoms with E-state index < -0.39 is 38.6 Å².